The minimum Gasteiger partial charge on any atom is -0.477 e. The molecule has 0 amide bonds. The Hall–Kier alpha value is -1.63. The summed E-state index contributed by atoms with van der Waals surface area (Å²) in [6.45, 7) is 3.03. The first-order chi connectivity index (χ1) is 7.33. The first-order valence-corrected chi connectivity index (χ1v) is 6.09. The van der Waals surface area contributed by atoms with Crippen LogP contribution in [0.5, 0.6) is 0 Å². The van der Waals surface area contributed by atoms with Gasteiger partial charge in [0.05, 0.1) is 5.25 Å². The Bertz CT molecular complexity index is 496. The molecule has 0 spiro atoms. The summed E-state index contributed by atoms with van der Waals surface area (Å²) in [5.41, 5.74) is -0.205. The maximum absolute atomic E-state index is 11.5. The summed E-state index contributed by atoms with van der Waals surface area (Å²) in [5, 5.41) is 8.07. The van der Waals surface area contributed by atoms with Crippen LogP contribution in [0.15, 0.2) is 18.2 Å². The van der Waals surface area contributed by atoms with Crippen LogP contribution >= 0.6 is 0 Å². The highest BCUT2D eigenvalue weighted by Crippen LogP contribution is 2.09. The van der Waals surface area contributed by atoms with Gasteiger partial charge in [0, 0.05) is 0 Å². The lowest BCUT2D eigenvalue weighted by Crippen LogP contribution is -2.23. The van der Waals surface area contributed by atoms with E-state index in [9.17, 15) is 13.2 Å². The zero-order chi connectivity index (χ0) is 12.3. The number of carboxylic acid groups (broad SMARTS) is 1. The average molecular weight is 244 g/mol. The number of carbonyl (C=O) groups is 1. The Morgan fingerprint density at radius 3 is 2.56 bits per heavy atom. The number of anilines is 1. The van der Waals surface area contributed by atoms with E-state index < -0.39 is 21.2 Å². The van der Waals surface area contributed by atoms with Crippen molar-refractivity contribution in [3.8, 4) is 0 Å². The molecule has 0 aliphatic rings. The van der Waals surface area contributed by atoms with Crippen LogP contribution in [-0.4, -0.2) is 29.7 Å². The molecule has 1 heterocycles. The van der Waals surface area contributed by atoms with Crippen LogP contribution in [-0.2, 0) is 10.0 Å². The number of nitrogens with one attached hydrogen (secondary N) is 1. The highest BCUT2D eigenvalue weighted by molar-refractivity contribution is 7.93. The second kappa shape index (κ2) is 4.48. The van der Waals surface area contributed by atoms with Gasteiger partial charge in [0.2, 0.25) is 10.0 Å². The highest BCUT2D eigenvalue weighted by Gasteiger charge is 2.16. The van der Waals surface area contributed by atoms with E-state index in [0.29, 0.717) is 0 Å². The maximum atomic E-state index is 11.5. The number of aromatic carboxylic acids is 1. The summed E-state index contributed by atoms with van der Waals surface area (Å²) in [4.78, 5) is 14.3. The number of aromatic nitrogens is 1. The minimum absolute atomic E-state index is 0.00796. The standard InChI is InChI=1S/C9H12N2O4S/c1-6(2)16(14,15)11-8-5-3-4-7(10-8)9(12)13/h3-6H,1-2H3,(H,10,11)(H,12,13). The quantitative estimate of drug-likeness (QED) is 0.821. The van der Waals surface area contributed by atoms with Gasteiger partial charge in [0.25, 0.3) is 0 Å². The molecule has 1 aromatic rings. The van der Waals surface area contributed by atoms with Gasteiger partial charge in [-0.3, -0.25) is 4.72 Å². The topological polar surface area (TPSA) is 96.4 Å². The molecule has 7 heteroatoms. The van der Waals surface area contributed by atoms with E-state index in [1.54, 1.807) is 0 Å². The van der Waals surface area contributed by atoms with Crippen LogP contribution < -0.4 is 4.72 Å². The number of carboxylic acids is 1. The van der Waals surface area contributed by atoms with Crippen molar-refractivity contribution in [2.45, 2.75) is 19.1 Å². The van der Waals surface area contributed by atoms with Crippen molar-refractivity contribution in [3.05, 3.63) is 23.9 Å². The van der Waals surface area contributed by atoms with Gasteiger partial charge in [-0.15, -0.1) is 0 Å². The lowest BCUT2D eigenvalue weighted by Gasteiger charge is -2.09. The second-order valence-electron chi connectivity index (χ2n) is 3.41. The number of hydrogen-bond donors (Lipinski definition) is 2. The molecule has 0 aliphatic heterocycles. The van der Waals surface area contributed by atoms with E-state index in [0.717, 1.165) is 0 Å². The molecule has 0 aliphatic carbocycles. The first kappa shape index (κ1) is 12.4. The Morgan fingerprint density at radius 1 is 1.44 bits per heavy atom. The van der Waals surface area contributed by atoms with Crippen molar-refractivity contribution in [2.75, 3.05) is 4.72 Å². The zero-order valence-electron chi connectivity index (χ0n) is 8.84. The molecule has 6 nitrogen and oxygen atoms in total. The zero-order valence-corrected chi connectivity index (χ0v) is 9.65. The van der Waals surface area contributed by atoms with Crippen LogP contribution in [0, 0.1) is 0 Å². The Kier molecular flexibility index (Phi) is 3.48. The van der Waals surface area contributed by atoms with Crippen LogP contribution in [0.1, 0.15) is 24.3 Å². The second-order valence-corrected chi connectivity index (χ2v) is 5.65. The SMILES string of the molecule is CC(C)S(=O)(=O)Nc1cccc(C(=O)O)n1. The summed E-state index contributed by atoms with van der Waals surface area (Å²) in [5.74, 6) is -1.20. The monoisotopic (exact) mass is 244 g/mol. The smallest absolute Gasteiger partial charge is 0.354 e. The number of nitrogens with zero attached hydrogens (tertiary/aromatic N) is 1. The molecule has 0 saturated heterocycles. The Morgan fingerprint density at radius 2 is 2.06 bits per heavy atom. The molecule has 0 saturated carbocycles. The molecule has 2 N–H and O–H groups in total. The van der Waals surface area contributed by atoms with Gasteiger partial charge in [-0.2, -0.15) is 0 Å². The Labute approximate surface area is 93.4 Å². The molecule has 0 atom stereocenters. The van der Waals surface area contributed by atoms with E-state index in [1.807, 2.05) is 0 Å². The van der Waals surface area contributed by atoms with Crippen molar-refractivity contribution in [2.24, 2.45) is 0 Å². The van der Waals surface area contributed by atoms with Crippen LogP contribution in [0.2, 0.25) is 0 Å². The number of rotatable bonds is 4. The predicted octanol–water partition coefficient (Wildman–Crippen LogP) is 0.930. The summed E-state index contributed by atoms with van der Waals surface area (Å²) < 4.78 is 25.2. The van der Waals surface area contributed by atoms with E-state index in [4.69, 9.17) is 5.11 Å². The van der Waals surface area contributed by atoms with E-state index >= 15 is 0 Å². The summed E-state index contributed by atoms with van der Waals surface area (Å²) in [6, 6.07) is 4.11. The largest absolute Gasteiger partial charge is 0.477 e. The molecule has 16 heavy (non-hydrogen) atoms. The normalized spacial score (nSPS) is 11.4. The molecule has 0 fully saturated rings. The summed E-state index contributed by atoms with van der Waals surface area (Å²) in [7, 11) is -3.50. The number of sulfonamides is 1. The molecule has 0 unspecified atom stereocenters. The van der Waals surface area contributed by atoms with Crippen molar-refractivity contribution < 1.29 is 18.3 Å². The van der Waals surface area contributed by atoms with Crippen LogP contribution in [0.25, 0.3) is 0 Å². The lowest BCUT2D eigenvalue weighted by atomic mass is 10.3. The fourth-order valence-corrected chi connectivity index (χ4v) is 1.52. The lowest BCUT2D eigenvalue weighted by molar-refractivity contribution is 0.0690. The van der Waals surface area contributed by atoms with Gasteiger partial charge in [-0.05, 0) is 26.0 Å². The van der Waals surface area contributed by atoms with Crippen molar-refractivity contribution in [1.82, 2.24) is 4.98 Å². The molecule has 0 bridgehead atoms. The van der Waals surface area contributed by atoms with Gasteiger partial charge in [-0.1, -0.05) is 6.07 Å². The molecule has 0 radical (unpaired) electrons. The van der Waals surface area contributed by atoms with Gasteiger partial charge >= 0.3 is 5.97 Å². The molecule has 1 aromatic heterocycles. The number of pyridine rings is 1. The van der Waals surface area contributed by atoms with Gasteiger partial charge < -0.3 is 5.11 Å². The predicted molar refractivity (Wildman–Crippen MR) is 58.9 cm³/mol. The van der Waals surface area contributed by atoms with Gasteiger partial charge in [0.15, 0.2) is 5.69 Å². The molecule has 88 valence electrons. The van der Waals surface area contributed by atoms with E-state index in [2.05, 4.69) is 9.71 Å². The Balaban J connectivity index is 2.99. The molecular formula is C9H12N2O4S. The van der Waals surface area contributed by atoms with Crippen LogP contribution in [0.4, 0.5) is 5.82 Å². The van der Waals surface area contributed by atoms with E-state index in [-0.39, 0.29) is 11.5 Å². The third kappa shape index (κ3) is 2.93. The minimum atomic E-state index is -3.50. The van der Waals surface area contributed by atoms with E-state index in [1.165, 1.54) is 32.0 Å². The van der Waals surface area contributed by atoms with Crippen molar-refractivity contribution in [1.29, 1.82) is 0 Å². The fourth-order valence-electron chi connectivity index (χ4n) is 0.874. The maximum Gasteiger partial charge on any atom is 0.354 e. The first-order valence-electron chi connectivity index (χ1n) is 4.55. The molecule has 0 aromatic carbocycles. The number of hydrogen-bond acceptors (Lipinski definition) is 4. The van der Waals surface area contributed by atoms with Crippen LogP contribution in [0.3, 0.4) is 0 Å². The van der Waals surface area contributed by atoms with Gasteiger partial charge in [0.1, 0.15) is 5.82 Å². The third-order valence-electron chi connectivity index (χ3n) is 1.84. The highest BCUT2D eigenvalue weighted by atomic mass is 32.2. The molecule has 1 rings (SSSR count). The van der Waals surface area contributed by atoms with Crippen molar-refractivity contribution >= 4 is 21.8 Å². The molecular weight excluding hydrogens is 232 g/mol. The average Bonchev–Trinajstić information content (AvgIpc) is 2.17. The summed E-state index contributed by atoms with van der Waals surface area (Å²) >= 11 is 0. The fraction of sp³-hybridized carbons (Fsp3) is 0.333. The third-order valence-corrected chi connectivity index (χ3v) is 3.57. The van der Waals surface area contributed by atoms with Gasteiger partial charge in [-0.25, -0.2) is 18.2 Å². The summed E-state index contributed by atoms with van der Waals surface area (Å²) in [6.07, 6.45) is 0. The van der Waals surface area contributed by atoms with Crippen molar-refractivity contribution in [3.63, 3.8) is 0 Å².